The van der Waals surface area contributed by atoms with Crippen LogP contribution in [0.1, 0.15) is 31.0 Å². The summed E-state index contributed by atoms with van der Waals surface area (Å²) in [5, 5.41) is 10.9. The van der Waals surface area contributed by atoms with Crippen molar-refractivity contribution in [2.75, 3.05) is 6.61 Å². The average Bonchev–Trinajstić information content (AvgIpc) is 2.98. The number of aliphatic hydroxyl groups is 1. The number of rotatable bonds is 1. The molecule has 2 N–H and O–H groups in total. The third-order valence-electron chi connectivity index (χ3n) is 4.99. The van der Waals surface area contributed by atoms with E-state index in [2.05, 4.69) is 24.0 Å². The van der Waals surface area contributed by atoms with Gasteiger partial charge in [-0.1, -0.05) is 18.2 Å². The molecule has 1 saturated heterocycles. The summed E-state index contributed by atoms with van der Waals surface area (Å²) in [6.07, 6.45) is 2.13. The van der Waals surface area contributed by atoms with Crippen LogP contribution in [0, 0.1) is 0 Å². The number of benzene rings is 1. The van der Waals surface area contributed by atoms with Gasteiger partial charge >= 0.3 is 0 Å². The number of para-hydroxylation sites is 1. The molecular formula is C16H18N2O2. The molecule has 0 aliphatic carbocycles. The fourth-order valence-electron chi connectivity index (χ4n) is 4.06. The third kappa shape index (κ3) is 1.32. The van der Waals surface area contributed by atoms with E-state index in [0.717, 1.165) is 24.1 Å². The fourth-order valence-corrected chi connectivity index (χ4v) is 4.06. The van der Waals surface area contributed by atoms with Gasteiger partial charge < -0.3 is 15.0 Å². The number of amides is 1. The van der Waals surface area contributed by atoms with Crippen molar-refractivity contribution in [3.8, 4) is 0 Å². The lowest BCUT2D eigenvalue weighted by Gasteiger charge is -2.44. The van der Waals surface area contributed by atoms with Crippen molar-refractivity contribution in [2.45, 2.75) is 37.8 Å². The molecule has 104 valence electrons. The lowest BCUT2D eigenvalue weighted by atomic mass is 9.83. The highest BCUT2D eigenvalue weighted by molar-refractivity contribution is 5.88. The van der Waals surface area contributed by atoms with Crippen LogP contribution in [-0.4, -0.2) is 33.5 Å². The Morgan fingerprint density at radius 2 is 2.25 bits per heavy atom. The zero-order chi connectivity index (χ0) is 13.9. The van der Waals surface area contributed by atoms with E-state index >= 15 is 0 Å². The quantitative estimate of drug-likeness (QED) is 0.832. The Labute approximate surface area is 117 Å². The van der Waals surface area contributed by atoms with Crippen molar-refractivity contribution in [3.63, 3.8) is 0 Å². The number of carbonyl (C=O) groups is 1. The van der Waals surface area contributed by atoms with E-state index in [1.54, 1.807) is 0 Å². The maximum atomic E-state index is 12.2. The first kappa shape index (κ1) is 12.0. The molecule has 0 bridgehead atoms. The Kier molecular flexibility index (Phi) is 2.31. The molecule has 2 atom stereocenters. The van der Waals surface area contributed by atoms with Crippen LogP contribution in [0.2, 0.25) is 0 Å². The first-order chi connectivity index (χ1) is 9.65. The Bertz CT molecular complexity index is 706. The highest BCUT2D eigenvalue weighted by atomic mass is 16.3. The minimum Gasteiger partial charge on any atom is -0.394 e. The van der Waals surface area contributed by atoms with Crippen LogP contribution in [0.5, 0.6) is 0 Å². The zero-order valence-corrected chi connectivity index (χ0v) is 11.5. The zero-order valence-electron chi connectivity index (χ0n) is 11.5. The van der Waals surface area contributed by atoms with Gasteiger partial charge in [-0.2, -0.15) is 0 Å². The summed E-state index contributed by atoms with van der Waals surface area (Å²) in [7, 11) is 0. The summed E-state index contributed by atoms with van der Waals surface area (Å²) < 4.78 is 0. The largest absolute Gasteiger partial charge is 0.394 e. The van der Waals surface area contributed by atoms with Gasteiger partial charge in [0.2, 0.25) is 5.91 Å². The third-order valence-corrected chi connectivity index (χ3v) is 4.99. The van der Waals surface area contributed by atoms with Crippen molar-refractivity contribution >= 4 is 16.8 Å². The SMILES string of the molecule is C[C@@]12CCC(=O)N1[C@H](CO)Cc1c2[nH]c2ccccc12. The summed E-state index contributed by atoms with van der Waals surface area (Å²) in [6, 6.07) is 8.16. The standard InChI is InChI=1S/C16H18N2O2/c1-16-7-6-14(20)18(16)10(9-19)8-12-11-4-2-3-5-13(11)17-15(12)16/h2-5,10,17,19H,6-9H2,1H3/t10-,16-/m0/s1. The van der Waals surface area contributed by atoms with Crippen LogP contribution < -0.4 is 0 Å². The lowest BCUT2D eigenvalue weighted by Crippen LogP contribution is -2.53. The van der Waals surface area contributed by atoms with E-state index < -0.39 is 0 Å². The molecule has 1 amide bonds. The van der Waals surface area contributed by atoms with E-state index in [9.17, 15) is 9.90 Å². The molecule has 0 unspecified atom stereocenters. The van der Waals surface area contributed by atoms with Gasteiger partial charge in [0.15, 0.2) is 0 Å². The van der Waals surface area contributed by atoms with E-state index in [1.165, 1.54) is 10.9 Å². The number of hydrogen-bond donors (Lipinski definition) is 2. The highest BCUT2D eigenvalue weighted by Crippen LogP contribution is 2.47. The number of carbonyl (C=O) groups excluding carboxylic acids is 1. The van der Waals surface area contributed by atoms with Crippen molar-refractivity contribution in [1.29, 1.82) is 0 Å². The second-order valence-corrected chi connectivity index (χ2v) is 6.10. The maximum absolute atomic E-state index is 12.2. The molecule has 1 aromatic heterocycles. The van der Waals surface area contributed by atoms with Gasteiger partial charge in [-0.25, -0.2) is 0 Å². The van der Waals surface area contributed by atoms with Gasteiger partial charge in [0.25, 0.3) is 0 Å². The molecule has 0 spiro atoms. The molecule has 20 heavy (non-hydrogen) atoms. The topological polar surface area (TPSA) is 56.3 Å². The summed E-state index contributed by atoms with van der Waals surface area (Å²) >= 11 is 0. The minimum absolute atomic E-state index is 0.0281. The molecular weight excluding hydrogens is 252 g/mol. The number of hydrogen-bond acceptors (Lipinski definition) is 2. The molecule has 1 fully saturated rings. The molecule has 4 rings (SSSR count). The minimum atomic E-state index is -0.295. The number of H-pyrrole nitrogens is 1. The molecule has 4 heteroatoms. The van der Waals surface area contributed by atoms with Gasteiger partial charge in [-0.15, -0.1) is 0 Å². The Morgan fingerprint density at radius 3 is 3.05 bits per heavy atom. The molecule has 1 aromatic carbocycles. The average molecular weight is 270 g/mol. The van der Waals surface area contributed by atoms with Crippen molar-refractivity contribution in [2.24, 2.45) is 0 Å². The van der Waals surface area contributed by atoms with Gasteiger partial charge in [0, 0.05) is 23.0 Å². The number of aliphatic hydroxyl groups excluding tert-OH is 1. The molecule has 2 aliphatic rings. The van der Waals surface area contributed by atoms with Gasteiger partial charge in [0.1, 0.15) is 0 Å². The van der Waals surface area contributed by atoms with Crippen LogP contribution >= 0.6 is 0 Å². The van der Waals surface area contributed by atoms with E-state index in [-0.39, 0.29) is 24.1 Å². The highest BCUT2D eigenvalue weighted by Gasteiger charge is 2.51. The van der Waals surface area contributed by atoms with Crippen LogP contribution in [0.15, 0.2) is 24.3 Å². The first-order valence-corrected chi connectivity index (χ1v) is 7.18. The van der Waals surface area contributed by atoms with Crippen LogP contribution in [0.3, 0.4) is 0 Å². The molecule has 2 aliphatic heterocycles. The van der Waals surface area contributed by atoms with Crippen molar-refractivity contribution in [3.05, 3.63) is 35.5 Å². The molecule has 4 nitrogen and oxygen atoms in total. The summed E-state index contributed by atoms with van der Waals surface area (Å²) in [4.78, 5) is 17.6. The monoisotopic (exact) mass is 270 g/mol. The van der Waals surface area contributed by atoms with E-state index in [4.69, 9.17) is 0 Å². The second-order valence-electron chi connectivity index (χ2n) is 6.10. The Balaban J connectivity index is 1.99. The predicted octanol–water partition coefficient (Wildman–Crippen LogP) is 1.92. The normalized spacial score (nSPS) is 28.8. The van der Waals surface area contributed by atoms with Crippen molar-refractivity contribution < 1.29 is 9.90 Å². The van der Waals surface area contributed by atoms with Crippen molar-refractivity contribution in [1.82, 2.24) is 9.88 Å². The van der Waals surface area contributed by atoms with Crippen LogP contribution in [-0.2, 0) is 16.8 Å². The Morgan fingerprint density at radius 1 is 1.45 bits per heavy atom. The summed E-state index contributed by atoms with van der Waals surface area (Å²) in [5.74, 6) is 0.163. The molecule has 2 aromatic rings. The van der Waals surface area contributed by atoms with Gasteiger partial charge in [0.05, 0.1) is 18.2 Å². The summed E-state index contributed by atoms with van der Waals surface area (Å²) in [6.45, 7) is 2.15. The number of nitrogens with zero attached hydrogens (tertiary/aromatic N) is 1. The van der Waals surface area contributed by atoms with E-state index in [0.29, 0.717) is 6.42 Å². The van der Waals surface area contributed by atoms with Crippen LogP contribution in [0.25, 0.3) is 10.9 Å². The number of nitrogens with one attached hydrogen (secondary N) is 1. The number of aromatic nitrogens is 1. The van der Waals surface area contributed by atoms with Crippen LogP contribution in [0.4, 0.5) is 0 Å². The second kappa shape index (κ2) is 3.85. The number of aromatic amines is 1. The molecule has 0 saturated carbocycles. The van der Waals surface area contributed by atoms with E-state index in [1.807, 2.05) is 17.0 Å². The summed E-state index contributed by atoms with van der Waals surface area (Å²) in [5.41, 5.74) is 3.26. The molecule has 0 radical (unpaired) electrons. The van der Waals surface area contributed by atoms with Gasteiger partial charge in [-0.05, 0) is 31.4 Å². The smallest absolute Gasteiger partial charge is 0.223 e. The maximum Gasteiger partial charge on any atom is 0.223 e. The number of fused-ring (bicyclic) bond motifs is 5. The fraction of sp³-hybridized carbons (Fsp3) is 0.438. The van der Waals surface area contributed by atoms with Gasteiger partial charge in [-0.3, -0.25) is 4.79 Å². The lowest BCUT2D eigenvalue weighted by molar-refractivity contribution is -0.136. The first-order valence-electron chi connectivity index (χ1n) is 7.18. The predicted molar refractivity (Wildman–Crippen MR) is 76.3 cm³/mol. The molecule has 3 heterocycles. The Hall–Kier alpha value is -1.81.